The summed E-state index contributed by atoms with van der Waals surface area (Å²) in [6.45, 7) is 14.5. The monoisotopic (exact) mass is 431 g/mol. The Balaban J connectivity index is 2.38. The summed E-state index contributed by atoms with van der Waals surface area (Å²) in [5, 5.41) is 3.58. The first-order chi connectivity index (χ1) is 14.5. The average molecular weight is 431 g/mol. The normalized spacial score (nSPS) is 13.2. The Morgan fingerprint density at radius 3 is 2.32 bits per heavy atom. The van der Waals surface area contributed by atoms with Crippen molar-refractivity contribution in [3.05, 3.63) is 52.9 Å². The molecule has 9 nitrogen and oxygen atoms in total. The zero-order chi connectivity index (χ0) is 23.3. The van der Waals surface area contributed by atoms with Gasteiger partial charge in [-0.25, -0.2) is 9.59 Å². The van der Waals surface area contributed by atoms with Crippen molar-refractivity contribution in [2.24, 2.45) is 0 Å². The molecule has 0 unspecified atom stereocenters. The highest BCUT2D eigenvalue weighted by Crippen LogP contribution is 2.25. The van der Waals surface area contributed by atoms with Gasteiger partial charge in [-0.15, -0.1) is 0 Å². The molecule has 0 spiro atoms. The second-order valence-corrected chi connectivity index (χ2v) is 7.62. The fourth-order valence-corrected chi connectivity index (χ4v) is 2.69. The van der Waals surface area contributed by atoms with E-state index in [0.29, 0.717) is 5.69 Å². The number of nitrogens with one attached hydrogen (secondary N) is 2. The summed E-state index contributed by atoms with van der Waals surface area (Å²) in [4.78, 5) is 37.2. The Kier molecular flexibility index (Phi) is 7.68. The molecule has 0 aromatic heterocycles. The summed E-state index contributed by atoms with van der Waals surface area (Å²) in [6, 6.07) is 5.52. The van der Waals surface area contributed by atoms with E-state index in [1.165, 1.54) is 0 Å². The van der Waals surface area contributed by atoms with Crippen LogP contribution in [-0.4, -0.2) is 41.9 Å². The number of benzene rings is 1. The Bertz CT molecular complexity index is 920. The van der Waals surface area contributed by atoms with Crippen LogP contribution in [0.4, 0.5) is 15.3 Å². The average Bonchev–Trinajstić information content (AvgIpc) is 3.00. The summed E-state index contributed by atoms with van der Waals surface area (Å²) in [5.74, 6) is -0.536. The summed E-state index contributed by atoms with van der Waals surface area (Å²) in [7, 11) is 0. The maximum atomic E-state index is 12.8. The van der Waals surface area contributed by atoms with E-state index in [1.54, 1.807) is 33.8 Å². The lowest BCUT2D eigenvalue weighted by Gasteiger charge is -2.27. The van der Waals surface area contributed by atoms with Crippen LogP contribution in [0, 0.1) is 13.8 Å². The van der Waals surface area contributed by atoms with Gasteiger partial charge in [0.25, 0.3) is 5.91 Å². The SMILES string of the molecule is C=C(C1=C(OC(=O)OC(C)C)CNC1=O)N(Nc1ccc(C)c(C)c1)C(=O)OC(C)C. The van der Waals surface area contributed by atoms with Gasteiger partial charge in [-0.2, -0.15) is 5.01 Å². The van der Waals surface area contributed by atoms with Crippen molar-refractivity contribution in [3.63, 3.8) is 0 Å². The van der Waals surface area contributed by atoms with E-state index >= 15 is 0 Å². The third-order valence-corrected chi connectivity index (χ3v) is 4.28. The fraction of sp³-hybridized carbons (Fsp3) is 0.409. The second kappa shape index (κ2) is 10.0. The van der Waals surface area contributed by atoms with Gasteiger partial charge in [-0.05, 0) is 64.8 Å². The van der Waals surface area contributed by atoms with Gasteiger partial charge in [0.15, 0.2) is 0 Å². The van der Waals surface area contributed by atoms with Gasteiger partial charge in [0.2, 0.25) is 0 Å². The van der Waals surface area contributed by atoms with Gasteiger partial charge in [0.05, 0.1) is 30.1 Å². The minimum Gasteiger partial charge on any atom is -0.445 e. The molecule has 0 saturated heterocycles. The molecule has 1 heterocycles. The maximum absolute atomic E-state index is 12.8. The van der Waals surface area contributed by atoms with Crippen LogP contribution in [0.3, 0.4) is 0 Å². The molecule has 31 heavy (non-hydrogen) atoms. The molecule has 2 rings (SSSR count). The van der Waals surface area contributed by atoms with Crippen LogP contribution in [0.5, 0.6) is 0 Å². The number of hydrogen-bond acceptors (Lipinski definition) is 7. The second-order valence-electron chi connectivity index (χ2n) is 7.62. The van der Waals surface area contributed by atoms with Crippen LogP contribution in [0.1, 0.15) is 38.8 Å². The molecular formula is C22H29N3O6. The molecule has 9 heteroatoms. The Labute approximate surface area is 182 Å². The van der Waals surface area contributed by atoms with Gasteiger partial charge in [-0.3, -0.25) is 10.2 Å². The Morgan fingerprint density at radius 1 is 1.10 bits per heavy atom. The number of amides is 2. The molecule has 0 bridgehead atoms. The van der Waals surface area contributed by atoms with E-state index in [4.69, 9.17) is 14.2 Å². The lowest BCUT2D eigenvalue weighted by molar-refractivity contribution is -0.116. The van der Waals surface area contributed by atoms with Crippen molar-refractivity contribution >= 4 is 23.8 Å². The van der Waals surface area contributed by atoms with Crippen LogP contribution in [0.15, 0.2) is 41.8 Å². The minimum atomic E-state index is -0.953. The maximum Gasteiger partial charge on any atom is 0.513 e. The van der Waals surface area contributed by atoms with Crippen molar-refractivity contribution in [1.82, 2.24) is 10.3 Å². The van der Waals surface area contributed by atoms with E-state index in [-0.39, 0.29) is 23.6 Å². The highest BCUT2D eigenvalue weighted by Gasteiger charge is 2.34. The number of carbonyl (C=O) groups is 3. The molecule has 0 radical (unpaired) electrons. The molecular weight excluding hydrogens is 402 g/mol. The van der Waals surface area contributed by atoms with E-state index in [0.717, 1.165) is 16.1 Å². The number of nitrogens with zero attached hydrogens (tertiary/aromatic N) is 1. The van der Waals surface area contributed by atoms with Crippen LogP contribution >= 0.6 is 0 Å². The Morgan fingerprint density at radius 2 is 1.74 bits per heavy atom. The first kappa shape index (κ1) is 23.8. The van der Waals surface area contributed by atoms with Gasteiger partial charge in [-0.1, -0.05) is 12.6 Å². The topological polar surface area (TPSA) is 106 Å². The van der Waals surface area contributed by atoms with E-state index in [1.807, 2.05) is 26.0 Å². The van der Waals surface area contributed by atoms with E-state index in [2.05, 4.69) is 17.3 Å². The molecule has 1 aromatic carbocycles. The summed E-state index contributed by atoms with van der Waals surface area (Å²) in [5.41, 5.74) is 5.51. The van der Waals surface area contributed by atoms with Gasteiger partial charge in [0, 0.05) is 0 Å². The fourth-order valence-electron chi connectivity index (χ4n) is 2.69. The third kappa shape index (κ3) is 6.24. The zero-order valence-electron chi connectivity index (χ0n) is 18.7. The quantitative estimate of drug-likeness (QED) is 0.497. The van der Waals surface area contributed by atoms with Gasteiger partial charge in [0.1, 0.15) is 11.3 Å². The number of hydrazine groups is 1. The largest absolute Gasteiger partial charge is 0.513 e. The lowest BCUT2D eigenvalue weighted by atomic mass is 10.1. The predicted molar refractivity (Wildman–Crippen MR) is 115 cm³/mol. The number of anilines is 1. The number of carbonyl (C=O) groups excluding carboxylic acids is 3. The van der Waals surface area contributed by atoms with Gasteiger partial charge >= 0.3 is 12.2 Å². The van der Waals surface area contributed by atoms with Crippen molar-refractivity contribution in [1.29, 1.82) is 0 Å². The van der Waals surface area contributed by atoms with Crippen LogP contribution < -0.4 is 10.7 Å². The molecule has 0 atom stereocenters. The van der Waals surface area contributed by atoms with Crippen LogP contribution in [-0.2, 0) is 19.0 Å². The zero-order valence-corrected chi connectivity index (χ0v) is 18.7. The minimum absolute atomic E-state index is 0.00452. The van der Waals surface area contributed by atoms with Crippen molar-refractivity contribution in [2.45, 2.75) is 53.8 Å². The van der Waals surface area contributed by atoms with Crippen molar-refractivity contribution in [2.75, 3.05) is 12.0 Å². The van der Waals surface area contributed by atoms with E-state index < -0.39 is 30.4 Å². The Hall–Kier alpha value is -3.49. The lowest BCUT2D eigenvalue weighted by Crippen LogP contribution is -2.38. The van der Waals surface area contributed by atoms with Gasteiger partial charge < -0.3 is 19.5 Å². The molecule has 1 aliphatic rings. The van der Waals surface area contributed by atoms with Crippen molar-refractivity contribution in [3.8, 4) is 0 Å². The molecule has 0 saturated carbocycles. The first-order valence-electron chi connectivity index (χ1n) is 9.93. The standard InChI is InChI=1S/C22H29N3O6/c1-12(2)29-21(27)25(24-17-9-8-14(5)15(6)10-17)16(7)19-18(11-23-20(19)26)31-22(28)30-13(3)4/h8-10,12-13,24H,7,11H2,1-6H3,(H,23,26). The highest BCUT2D eigenvalue weighted by molar-refractivity contribution is 6.01. The molecule has 1 aromatic rings. The first-order valence-corrected chi connectivity index (χ1v) is 9.93. The smallest absolute Gasteiger partial charge is 0.445 e. The van der Waals surface area contributed by atoms with Crippen LogP contribution in [0.2, 0.25) is 0 Å². The molecule has 1 aliphatic heterocycles. The number of rotatable bonds is 7. The molecule has 2 N–H and O–H groups in total. The summed E-state index contributed by atoms with van der Waals surface area (Å²) < 4.78 is 15.5. The molecule has 0 aliphatic carbocycles. The molecule has 0 fully saturated rings. The predicted octanol–water partition coefficient (Wildman–Crippen LogP) is 3.94. The van der Waals surface area contributed by atoms with Crippen molar-refractivity contribution < 1.29 is 28.6 Å². The third-order valence-electron chi connectivity index (χ3n) is 4.28. The van der Waals surface area contributed by atoms with E-state index in [9.17, 15) is 14.4 Å². The van der Waals surface area contributed by atoms with Crippen LogP contribution in [0.25, 0.3) is 0 Å². The number of aryl methyl sites for hydroxylation is 2. The number of hydrogen-bond donors (Lipinski definition) is 2. The molecule has 2 amide bonds. The summed E-state index contributed by atoms with van der Waals surface area (Å²) >= 11 is 0. The highest BCUT2D eigenvalue weighted by atomic mass is 16.7. The summed E-state index contributed by atoms with van der Waals surface area (Å²) in [6.07, 6.45) is -2.53. The number of ether oxygens (including phenoxy) is 3. The molecule has 168 valence electrons.